The van der Waals surface area contributed by atoms with Crippen molar-refractivity contribution in [3.63, 3.8) is 0 Å². The molecule has 0 radical (unpaired) electrons. The van der Waals surface area contributed by atoms with Gasteiger partial charge in [0.1, 0.15) is 5.75 Å². The van der Waals surface area contributed by atoms with Gasteiger partial charge in [0.2, 0.25) is 5.54 Å². The molecule has 9 heteroatoms. The van der Waals surface area contributed by atoms with E-state index in [0.717, 1.165) is 18.9 Å². The second kappa shape index (κ2) is 8.23. The summed E-state index contributed by atoms with van der Waals surface area (Å²) < 4.78 is 48.4. The summed E-state index contributed by atoms with van der Waals surface area (Å²) in [5.41, 5.74) is -2.27. The number of halogens is 4. The quantitative estimate of drug-likeness (QED) is 0.642. The number of fused-ring (bicyclic) bond motifs is 1. The molecule has 1 heterocycles. The highest BCUT2D eigenvalue weighted by atomic mass is 35.5. The van der Waals surface area contributed by atoms with Gasteiger partial charge in [-0.25, -0.2) is 4.79 Å². The van der Waals surface area contributed by atoms with Gasteiger partial charge in [0.05, 0.1) is 25.9 Å². The molecule has 2 N–H and O–H groups in total. The smallest absolute Gasteiger partial charge is 0.427 e. The number of carbonyl (C=O) groups excluding carboxylic acids is 1. The van der Waals surface area contributed by atoms with Crippen molar-refractivity contribution in [1.82, 2.24) is 5.32 Å². The van der Waals surface area contributed by atoms with E-state index in [1.54, 1.807) is 24.3 Å². The van der Waals surface area contributed by atoms with E-state index in [1.165, 1.54) is 18.1 Å². The number of methoxy groups -OCH3 is 1. The second-order valence-corrected chi connectivity index (χ2v) is 8.18. The number of anilines is 1. The molecule has 5 nitrogen and oxygen atoms in total. The molecule has 2 amide bonds. The fourth-order valence-corrected chi connectivity index (χ4v) is 3.78. The number of hydrogen-bond acceptors (Lipinski definition) is 3. The van der Waals surface area contributed by atoms with Crippen LogP contribution < -0.4 is 15.0 Å². The van der Waals surface area contributed by atoms with Crippen molar-refractivity contribution < 1.29 is 27.8 Å². The lowest BCUT2D eigenvalue weighted by Gasteiger charge is -2.42. The molecule has 1 unspecified atom stereocenters. The average Bonchev–Trinajstić information content (AvgIpc) is 3.58. The van der Waals surface area contributed by atoms with Crippen LogP contribution in [0.2, 0.25) is 5.02 Å². The molecule has 1 atom stereocenters. The third kappa shape index (κ3) is 3.98. The van der Waals surface area contributed by atoms with Crippen LogP contribution in [0.4, 0.5) is 23.7 Å². The first-order chi connectivity index (χ1) is 15.2. The van der Waals surface area contributed by atoms with Crippen LogP contribution in [0.15, 0.2) is 36.4 Å². The van der Waals surface area contributed by atoms with Crippen LogP contribution in [-0.2, 0) is 18.7 Å². The number of urea groups is 1. The van der Waals surface area contributed by atoms with Crippen LogP contribution >= 0.6 is 11.6 Å². The maximum Gasteiger partial charge on any atom is 0.427 e. The topological polar surface area (TPSA) is 61.8 Å². The van der Waals surface area contributed by atoms with E-state index in [2.05, 4.69) is 17.2 Å². The Labute approximate surface area is 188 Å². The van der Waals surface area contributed by atoms with Crippen molar-refractivity contribution >= 4 is 23.3 Å². The maximum absolute atomic E-state index is 14.4. The number of benzene rings is 2. The number of alkyl halides is 3. The number of aliphatic hydroxyl groups is 1. The molecule has 168 valence electrons. The summed E-state index contributed by atoms with van der Waals surface area (Å²) in [6, 6.07) is 8.33. The van der Waals surface area contributed by atoms with Gasteiger partial charge in [-0.05, 0) is 48.2 Å². The van der Waals surface area contributed by atoms with E-state index in [9.17, 15) is 23.1 Å². The molecule has 2 aromatic carbocycles. The van der Waals surface area contributed by atoms with Gasteiger partial charge in [-0.1, -0.05) is 35.6 Å². The molecule has 2 aromatic rings. The Morgan fingerprint density at radius 2 is 1.97 bits per heavy atom. The highest BCUT2D eigenvalue weighted by molar-refractivity contribution is 6.31. The summed E-state index contributed by atoms with van der Waals surface area (Å²) in [5.74, 6) is 5.46. The number of amides is 2. The third-order valence-corrected chi connectivity index (χ3v) is 5.89. The number of nitrogens with one attached hydrogen (secondary N) is 1. The average molecular weight is 465 g/mol. The lowest BCUT2D eigenvalue weighted by atomic mass is 9.85. The lowest BCUT2D eigenvalue weighted by molar-refractivity contribution is -0.179. The summed E-state index contributed by atoms with van der Waals surface area (Å²) in [6.07, 6.45) is -3.43. The number of aliphatic hydroxyl groups excluding tert-OH is 1. The Hall–Kier alpha value is -2.89. The largest absolute Gasteiger partial charge is 0.497 e. The minimum Gasteiger partial charge on any atom is -0.497 e. The highest BCUT2D eigenvalue weighted by Gasteiger charge is 2.60. The van der Waals surface area contributed by atoms with Crippen LogP contribution in [0, 0.1) is 17.8 Å². The summed E-state index contributed by atoms with van der Waals surface area (Å²) in [5, 5.41) is 11.7. The molecule has 4 rings (SSSR count). The lowest BCUT2D eigenvalue weighted by Crippen LogP contribution is -2.62. The van der Waals surface area contributed by atoms with Gasteiger partial charge in [0.15, 0.2) is 0 Å². The molecular weight excluding hydrogens is 445 g/mol. The number of nitrogens with zero attached hydrogens (tertiary/aromatic N) is 1. The van der Waals surface area contributed by atoms with Crippen molar-refractivity contribution in [3.8, 4) is 17.6 Å². The normalized spacial score (nSPS) is 20.2. The Morgan fingerprint density at radius 1 is 1.28 bits per heavy atom. The van der Waals surface area contributed by atoms with Crippen molar-refractivity contribution in [2.45, 2.75) is 37.7 Å². The standard InChI is InChI=1S/C23H20ClF3N2O3/c1-32-17-6-4-15(5-7-17)12-29-20-10-16(13-30)19(24)11-18(20)22(23(25,26)27,28-21(29)31)9-8-14-2-3-14/h4-7,10-11,14,30H,2-3,12-13H2,1H3,(H,28,31). The molecule has 0 aromatic heterocycles. The minimum atomic E-state index is -4.89. The van der Waals surface area contributed by atoms with Gasteiger partial charge < -0.3 is 15.2 Å². The highest BCUT2D eigenvalue weighted by Crippen LogP contribution is 2.47. The molecule has 0 bridgehead atoms. The Balaban J connectivity index is 1.86. The van der Waals surface area contributed by atoms with Crippen LogP contribution in [0.1, 0.15) is 29.5 Å². The SMILES string of the molecule is COc1ccc(CN2C(=O)NC(C#CC3CC3)(C(F)(F)F)c3cc(Cl)c(CO)cc32)cc1. The summed E-state index contributed by atoms with van der Waals surface area (Å²) >= 11 is 6.17. The Bertz CT molecular complexity index is 1100. The third-order valence-electron chi connectivity index (χ3n) is 5.54. The molecule has 32 heavy (non-hydrogen) atoms. The monoisotopic (exact) mass is 464 g/mol. The Kier molecular flexibility index (Phi) is 5.74. The molecule has 0 spiro atoms. The summed E-state index contributed by atoms with van der Waals surface area (Å²) in [6.45, 7) is -0.490. The zero-order chi connectivity index (χ0) is 23.1. The van der Waals surface area contributed by atoms with E-state index in [1.807, 2.05) is 0 Å². The van der Waals surface area contributed by atoms with E-state index in [0.29, 0.717) is 11.3 Å². The predicted octanol–water partition coefficient (Wildman–Crippen LogP) is 4.74. The molecular formula is C23H20ClF3N2O3. The first-order valence-electron chi connectivity index (χ1n) is 9.94. The maximum atomic E-state index is 14.4. The summed E-state index contributed by atoms with van der Waals surface area (Å²) in [4.78, 5) is 14.2. The fourth-order valence-electron chi connectivity index (χ4n) is 3.56. The van der Waals surface area contributed by atoms with Crippen LogP contribution in [-0.4, -0.2) is 24.4 Å². The van der Waals surface area contributed by atoms with E-state index in [-0.39, 0.29) is 34.3 Å². The van der Waals surface area contributed by atoms with Crippen molar-refractivity contribution in [3.05, 3.63) is 58.1 Å². The van der Waals surface area contributed by atoms with Crippen molar-refractivity contribution in [1.29, 1.82) is 0 Å². The van der Waals surface area contributed by atoms with Gasteiger partial charge in [-0.3, -0.25) is 4.90 Å². The number of hydrogen-bond donors (Lipinski definition) is 2. The summed E-state index contributed by atoms with van der Waals surface area (Å²) in [7, 11) is 1.52. The van der Waals surface area contributed by atoms with Crippen LogP contribution in [0.25, 0.3) is 0 Å². The molecule has 1 aliphatic heterocycles. The fraction of sp³-hybridized carbons (Fsp3) is 0.348. The molecule has 1 saturated carbocycles. The first-order valence-corrected chi connectivity index (χ1v) is 10.3. The number of carbonyl (C=O) groups is 1. The van der Waals surface area contributed by atoms with Crippen molar-refractivity contribution in [2.24, 2.45) is 5.92 Å². The molecule has 2 aliphatic rings. The first kappa shape index (κ1) is 22.3. The van der Waals surface area contributed by atoms with Gasteiger partial charge in [0.25, 0.3) is 0 Å². The van der Waals surface area contributed by atoms with E-state index >= 15 is 0 Å². The Morgan fingerprint density at radius 3 is 2.53 bits per heavy atom. The van der Waals surface area contributed by atoms with Gasteiger partial charge in [-0.2, -0.15) is 13.2 Å². The van der Waals surface area contributed by atoms with Gasteiger partial charge in [0, 0.05) is 16.5 Å². The van der Waals surface area contributed by atoms with Crippen molar-refractivity contribution in [2.75, 3.05) is 12.0 Å². The second-order valence-electron chi connectivity index (χ2n) is 7.77. The van der Waals surface area contributed by atoms with E-state index in [4.69, 9.17) is 16.3 Å². The number of ether oxygens (including phenoxy) is 1. The molecule has 1 aliphatic carbocycles. The van der Waals surface area contributed by atoms with Crippen LogP contribution in [0.3, 0.4) is 0 Å². The molecule has 0 saturated heterocycles. The van der Waals surface area contributed by atoms with E-state index < -0.39 is 24.4 Å². The van der Waals surface area contributed by atoms with Crippen LogP contribution in [0.5, 0.6) is 5.75 Å². The number of rotatable bonds is 4. The zero-order valence-electron chi connectivity index (χ0n) is 17.1. The molecule has 1 fully saturated rings. The zero-order valence-corrected chi connectivity index (χ0v) is 17.8. The van der Waals surface area contributed by atoms with Gasteiger partial charge >= 0.3 is 12.2 Å². The predicted molar refractivity (Wildman–Crippen MR) is 113 cm³/mol. The minimum absolute atomic E-state index is 0.000407. The van der Waals surface area contributed by atoms with Gasteiger partial charge in [-0.15, -0.1) is 0 Å².